The Hall–Kier alpha value is -0.880. The molecular weight excluding hydrogens is 152 g/mol. The number of hydrogen-bond donors (Lipinski definition) is 0. The van der Waals surface area contributed by atoms with Gasteiger partial charge in [0, 0.05) is 25.9 Å². The normalized spacial score (nSPS) is 20.6. The van der Waals surface area contributed by atoms with Crippen molar-refractivity contribution in [1.29, 1.82) is 5.26 Å². The molecule has 0 unspecified atom stereocenters. The van der Waals surface area contributed by atoms with Crippen LogP contribution in [0.15, 0.2) is 0 Å². The Labute approximate surface area is 73.0 Å². The van der Waals surface area contributed by atoms with Crippen LogP contribution in [-0.4, -0.2) is 29.3 Å². The van der Waals surface area contributed by atoms with E-state index in [1.807, 2.05) is 13.8 Å². The lowest BCUT2D eigenvalue weighted by Gasteiger charge is -2.35. The van der Waals surface area contributed by atoms with Crippen LogP contribution in [0.1, 0.15) is 26.7 Å². The lowest BCUT2D eigenvalue weighted by Crippen LogP contribution is -2.47. The van der Waals surface area contributed by atoms with Crippen molar-refractivity contribution in [1.82, 2.24) is 4.90 Å². The second kappa shape index (κ2) is 3.24. The number of Topliss-reactive ketones (excluding diaryl/α,β-unsaturated/α-hetero) is 1. The zero-order chi connectivity index (χ0) is 9.19. The summed E-state index contributed by atoms with van der Waals surface area (Å²) in [5.74, 6) is 0.319. The van der Waals surface area contributed by atoms with Crippen LogP contribution >= 0.6 is 0 Å². The molecule has 0 amide bonds. The molecule has 0 atom stereocenters. The van der Waals surface area contributed by atoms with E-state index in [-0.39, 0.29) is 0 Å². The van der Waals surface area contributed by atoms with Crippen LogP contribution in [0.3, 0.4) is 0 Å². The van der Waals surface area contributed by atoms with Crippen molar-refractivity contribution in [2.24, 2.45) is 0 Å². The van der Waals surface area contributed by atoms with E-state index in [1.54, 1.807) is 0 Å². The number of ketones is 1. The maximum atomic E-state index is 10.9. The van der Waals surface area contributed by atoms with Crippen LogP contribution in [0, 0.1) is 11.3 Å². The van der Waals surface area contributed by atoms with Crippen LogP contribution in [0.4, 0.5) is 0 Å². The molecular formula is C9H14N2O. The number of likely N-dealkylation sites (tertiary alicyclic amines) is 1. The van der Waals surface area contributed by atoms with Crippen LogP contribution in [0.25, 0.3) is 0 Å². The third kappa shape index (κ3) is 1.83. The monoisotopic (exact) mass is 166 g/mol. The van der Waals surface area contributed by atoms with E-state index in [0.717, 1.165) is 13.1 Å². The molecule has 0 radical (unpaired) electrons. The molecule has 0 aliphatic carbocycles. The minimum atomic E-state index is -0.416. The fourth-order valence-electron chi connectivity index (χ4n) is 1.39. The van der Waals surface area contributed by atoms with Crippen molar-refractivity contribution in [2.75, 3.05) is 13.1 Å². The molecule has 0 aromatic carbocycles. The van der Waals surface area contributed by atoms with Crippen molar-refractivity contribution in [3.63, 3.8) is 0 Å². The maximum Gasteiger partial charge on any atom is 0.135 e. The van der Waals surface area contributed by atoms with Crippen molar-refractivity contribution < 1.29 is 4.79 Å². The number of nitriles is 1. The van der Waals surface area contributed by atoms with E-state index >= 15 is 0 Å². The summed E-state index contributed by atoms with van der Waals surface area (Å²) in [7, 11) is 0. The molecule has 1 fully saturated rings. The van der Waals surface area contributed by atoms with Crippen LogP contribution in [-0.2, 0) is 4.79 Å². The van der Waals surface area contributed by atoms with Gasteiger partial charge in [-0.3, -0.25) is 9.69 Å². The van der Waals surface area contributed by atoms with Gasteiger partial charge in [0.25, 0.3) is 0 Å². The predicted molar refractivity (Wildman–Crippen MR) is 45.5 cm³/mol. The first-order chi connectivity index (χ1) is 5.56. The van der Waals surface area contributed by atoms with E-state index in [0.29, 0.717) is 18.6 Å². The van der Waals surface area contributed by atoms with Gasteiger partial charge < -0.3 is 0 Å². The summed E-state index contributed by atoms with van der Waals surface area (Å²) in [5.41, 5.74) is -0.416. The second-order valence-corrected chi connectivity index (χ2v) is 3.70. The summed E-state index contributed by atoms with van der Waals surface area (Å²) in [6.07, 6.45) is 1.20. The highest BCUT2D eigenvalue weighted by Crippen LogP contribution is 2.17. The standard InChI is InChI=1S/C9H14N2O/c1-9(2,7-10)11-5-3-8(12)4-6-11/h3-6H2,1-2H3. The van der Waals surface area contributed by atoms with E-state index in [4.69, 9.17) is 5.26 Å². The molecule has 66 valence electrons. The van der Waals surface area contributed by atoms with E-state index in [2.05, 4.69) is 11.0 Å². The van der Waals surface area contributed by atoms with Crippen molar-refractivity contribution in [2.45, 2.75) is 32.2 Å². The Balaban J connectivity index is 2.56. The second-order valence-electron chi connectivity index (χ2n) is 3.70. The number of carbonyl (C=O) groups is 1. The summed E-state index contributed by atoms with van der Waals surface area (Å²) < 4.78 is 0. The van der Waals surface area contributed by atoms with Gasteiger partial charge in [-0.25, -0.2) is 0 Å². The molecule has 3 nitrogen and oxygen atoms in total. The molecule has 1 aliphatic heterocycles. The highest BCUT2D eigenvalue weighted by atomic mass is 16.1. The van der Waals surface area contributed by atoms with Gasteiger partial charge in [-0.2, -0.15) is 5.26 Å². The summed E-state index contributed by atoms with van der Waals surface area (Å²) in [6, 6.07) is 2.24. The fourth-order valence-corrected chi connectivity index (χ4v) is 1.39. The maximum absolute atomic E-state index is 10.9. The van der Waals surface area contributed by atoms with Crippen molar-refractivity contribution in [3.8, 4) is 6.07 Å². The van der Waals surface area contributed by atoms with Gasteiger partial charge >= 0.3 is 0 Å². The quantitative estimate of drug-likeness (QED) is 0.582. The minimum absolute atomic E-state index is 0.319. The highest BCUT2D eigenvalue weighted by Gasteiger charge is 2.29. The highest BCUT2D eigenvalue weighted by molar-refractivity contribution is 5.79. The average Bonchev–Trinajstić information content (AvgIpc) is 2.05. The van der Waals surface area contributed by atoms with E-state index < -0.39 is 5.54 Å². The van der Waals surface area contributed by atoms with E-state index in [1.165, 1.54) is 0 Å². The zero-order valence-corrected chi connectivity index (χ0v) is 7.63. The number of rotatable bonds is 1. The van der Waals surface area contributed by atoms with Gasteiger partial charge in [0.15, 0.2) is 0 Å². The minimum Gasteiger partial charge on any atom is -0.300 e. The Kier molecular flexibility index (Phi) is 2.49. The molecule has 1 saturated heterocycles. The SMILES string of the molecule is CC(C)(C#N)N1CCC(=O)CC1. The molecule has 1 heterocycles. The number of hydrogen-bond acceptors (Lipinski definition) is 3. The molecule has 0 saturated carbocycles. The number of piperidine rings is 1. The Morgan fingerprint density at radius 1 is 1.42 bits per heavy atom. The van der Waals surface area contributed by atoms with Gasteiger partial charge in [0.05, 0.1) is 6.07 Å². The first kappa shape index (κ1) is 9.21. The molecule has 3 heteroatoms. The van der Waals surface area contributed by atoms with Gasteiger partial charge in [-0.1, -0.05) is 0 Å². The summed E-state index contributed by atoms with van der Waals surface area (Å²) in [5, 5.41) is 8.84. The molecule has 1 aliphatic rings. The van der Waals surface area contributed by atoms with Gasteiger partial charge in [0.2, 0.25) is 0 Å². The summed E-state index contributed by atoms with van der Waals surface area (Å²) >= 11 is 0. The number of carbonyl (C=O) groups excluding carboxylic acids is 1. The van der Waals surface area contributed by atoms with Crippen LogP contribution in [0.5, 0.6) is 0 Å². The molecule has 0 bridgehead atoms. The molecule has 0 N–H and O–H groups in total. The summed E-state index contributed by atoms with van der Waals surface area (Å²) in [6.45, 7) is 5.25. The molecule has 0 spiro atoms. The first-order valence-electron chi connectivity index (χ1n) is 4.24. The third-order valence-electron chi connectivity index (χ3n) is 2.39. The first-order valence-corrected chi connectivity index (χ1v) is 4.24. The van der Waals surface area contributed by atoms with Gasteiger partial charge in [-0.05, 0) is 13.8 Å². The van der Waals surface area contributed by atoms with Crippen molar-refractivity contribution in [3.05, 3.63) is 0 Å². The van der Waals surface area contributed by atoms with Crippen molar-refractivity contribution >= 4 is 5.78 Å². The van der Waals surface area contributed by atoms with Crippen LogP contribution in [0.2, 0.25) is 0 Å². The van der Waals surface area contributed by atoms with Gasteiger partial charge in [-0.15, -0.1) is 0 Å². The molecule has 12 heavy (non-hydrogen) atoms. The topological polar surface area (TPSA) is 44.1 Å². The van der Waals surface area contributed by atoms with E-state index in [9.17, 15) is 4.79 Å². The number of nitrogens with zero attached hydrogens (tertiary/aromatic N) is 2. The summed E-state index contributed by atoms with van der Waals surface area (Å²) in [4.78, 5) is 13.0. The Bertz CT molecular complexity index is 217. The average molecular weight is 166 g/mol. The predicted octanol–water partition coefficient (Wildman–Crippen LogP) is 0.953. The lowest BCUT2D eigenvalue weighted by molar-refractivity contribution is -0.122. The smallest absolute Gasteiger partial charge is 0.135 e. The Morgan fingerprint density at radius 2 is 1.92 bits per heavy atom. The van der Waals surface area contributed by atoms with Crippen LogP contribution < -0.4 is 0 Å². The lowest BCUT2D eigenvalue weighted by atomic mass is 10.00. The molecule has 1 rings (SSSR count). The van der Waals surface area contributed by atoms with Gasteiger partial charge in [0.1, 0.15) is 11.3 Å². The fraction of sp³-hybridized carbons (Fsp3) is 0.778. The third-order valence-corrected chi connectivity index (χ3v) is 2.39. The molecule has 0 aromatic rings. The molecule has 0 aromatic heterocycles. The largest absolute Gasteiger partial charge is 0.300 e. The Morgan fingerprint density at radius 3 is 2.33 bits per heavy atom. The zero-order valence-electron chi connectivity index (χ0n) is 7.63.